The molecule has 1 aromatic heterocycles. The Morgan fingerprint density at radius 2 is 1.77 bits per heavy atom. The number of ether oxygens (including phenoxy) is 2. The topological polar surface area (TPSA) is 108 Å². The molecule has 3 aromatic rings. The van der Waals surface area contributed by atoms with Gasteiger partial charge in [-0.25, -0.2) is 13.1 Å². The zero-order valence-corrected chi connectivity index (χ0v) is 18.8. The number of hydrogen-bond acceptors (Lipinski definition) is 7. The Bertz CT molecular complexity index is 1260. The van der Waals surface area contributed by atoms with E-state index in [1.807, 2.05) is 0 Å². The summed E-state index contributed by atoms with van der Waals surface area (Å²) in [6, 6.07) is 7.91. The second-order valence-electron chi connectivity index (χ2n) is 6.98. The van der Waals surface area contributed by atoms with Gasteiger partial charge in [0.25, 0.3) is 0 Å². The standard InChI is InChI=1S/C22H24N2O6S/c1-6-24-22(26)16(12-23-24)21(25)15-8-10-19(31(5,27)28)20(13(15)2)14-7-9-17(29-3)18(11-14)30-4/h7-12,26H,6H2,1-5H3. The van der Waals surface area contributed by atoms with Gasteiger partial charge in [-0.3, -0.25) is 4.79 Å². The van der Waals surface area contributed by atoms with Gasteiger partial charge in [-0.1, -0.05) is 6.07 Å². The number of methoxy groups -OCH3 is 2. The van der Waals surface area contributed by atoms with E-state index in [9.17, 15) is 18.3 Å². The highest BCUT2D eigenvalue weighted by Gasteiger charge is 2.25. The Hall–Kier alpha value is -3.33. The summed E-state index contributed by atoms with van der Waals surface area (Å²) < 4.78 is 37.0. The van der Waals surface area contributed by atoms with Crippen molar-refractivity contribution in [3.05, 3.63) is 53.2 Å². The van der Waals surface area contributed by atoms with Crippen LogP contribution in [0.5, 0.6) is 17.4 Å². The van der Waals surface area contributed by atoms with Crippen molar-refractivity contribution in [3.8, 4) is 28.5 Å². The van der Waals surface area contributed by atoms with Crippen molar-refractivity contribution < 1.29 is 27.8 Å². The lowest BCUT2D eigenvalue weighted by atomic mass is 9.92. The summed E-state index contributed by atoms with van der Waals surface area (Å²) in [5.74, 6) is 0.245. The fourth-order valence-electron chi connectivity index (χ4n) is 3.51. The van der Waals surface area contributed by atoms with Crippen LogP contribution in [0.3, 0.4) is 0 Å². The number of aromatic hydroxyl groups is 1. The minimum Gasteiger partial charge on any atom is -0.493 e. The van der Waals surface area contributed by atoms with Crippen LogP contribution in [0.1, 0.15) is 28.4 Å². The number of ketones is 1. The van der Waals surface area contributed by atoms with Gasteiger partial charge < -0.3 is 14.6 Å². The van der Waals surface area contributed by atoms with Crippen LogP contribution >= 0.6 is 0 Å². The Morgan fingerprint density at radius 3 is 2.32 bits per heavy atom. The number of carbonyl (C=O) groups excluding carboxylic acids is 1. The fourth-order valence-corrected chi connectivity index (χ4v) is 4.46. The number of hydrogen-bond donors (Lipinski definition) is 1. The van der Waals surface area contributed by atoms with Crippen LogP contribution in [0, 0.1) is 6.92 Å². The zero-order valence-electron chi connectivity index (χ0n) is 18.0. The zero-order chi connectivity index (χ0) is 22.9. The summed E-state index contributed by atoms with van der Waals surface area (Å²) in [6.07, 6.45) is 2.42. The highest BCUT2D eigenvalue weighted by Crippen LogP contribution is 2.38. The normalized spacial score (nSPS) is 11.4. The van der Waals surface area contributed by atoms with E-state index in [1.165, 1.54) is 37.2 Å². The highest BCUT2D eigenvalue weighted by molar-refractivity contribution is 7.90. The molecule has 0 atom stereocenters. The molecular weight excluding hydrogens is 420 g/mol. The molecule has 1 N–H and O–H groups in total. The molecule has 0 fully saturated rings. The third kappa shape index (κ3) is 4.00. The Morgan fingerprint density at radius 1 is 1.10 bits per heavy atom. The Labute approximate surface area is 181 Å². The van der Waals surface area contributed by atoms with Crippen molar-refractivity contribution in [3.63, 3.8) is 0 Å². The molecule has 0 aliphatic rings. The molecule has 0 amide bonds. The van der Waals surface area contributed by atoms with Crippen molar-refractivity contribution in [1.82, 2.24) is 9.78 Å². The van der Waals surface area contributed by atoms with E-state index < -0.39 is 15.6 Å². The van der Waals surface area contributed by atoms with E-state index in [2.05, 4.69) is 5.10 Å². The maximum atomic E-state index is 13.2. The summed E-state index contributed by atoms with van der Waals surface area (Å²) in [5, 5.41) is 14.3. The minimum absolute atomic E-state index is 0.0512. The quantitative estimate of drug-likeness (QED) is 0.557. The number of rotatable bonds is 7. The van der Waals surface area contributed by atoms with Crippen LogP contribution in [0.4, 0.5) is 0 Å². The monoisotopic (exact) mass is 444 g/mol. The minimum atomic E-state index is -3.60. The molecule has 1 heterocycles. The summed E-state index contributed by atoms with van der Waals surface area (Å²) >= 11 is 0. The summed E-state index contributed by atoms with van der Waals surface area (Å²) in [4.78, 5) is 13.3. The van der Waals surface area contributed by atoms with E-state index >= 15 is 0 Å². The van der Waals surface area contributed by atoms with Crippen LogP contribution in [0.25, 0.3) is 11.1 Å². The average molecular weight is 445 g/mol. The average Bonchev–Trinajstić information content (AvgIpc) is 3.12. The van der Waals surface area contributed by atoms with E-state index in [1.54, 1.807) is 32.0 Å². The van der Waals surface area contributed by atoms with Gasteiger partial charge in [0.05, 0.1) is 25.3 Å². The van der Waals surface area contributed by atoms with Gasteiger partial charge in [0, 0.05) is 23.9 Å². The molecule has 0 bridgehead atoms. The van der Waals surface area contributed by atoms with Gasteiger partial charge in [0.1, 0.15) is 5.56 Å². The number of sulfone groups is 1. The Kier molecular flexibility index (Phi) is 6.08. The molecule has 164 valence electrons. The number of aromatic nitrogens is 2. The fraction of sp³-hybridized carbons (Fsp3) is 0.273. The first-order chi connectivity index (χ1) is 14.6. The third-order valence-electron chi connectivity index (χ3n) is 5.10. The van der Waals surface area contributed by atoms with Crippen LogP contribution < -0.4 is 9.47 Å². The predicted octanol–water partition coefficient (Wildman–Crippen LogP) is 3.24. The summed E-state index contributed by atoms with van der Waals surface area (Å²) in [5.41, 5.74) is 1.72. The molecule has 0 aliphatic heterocycles. The van der Waals surface area contributed by atoms with E-state index in [-0.39, 0.29) is 21.9 Å². The molecule has 9 heteroatoms. The number of carbonyl (C=O) groups is 1. The van der Waals surface area contributed by atoms with Gasteiger partial charge in [-0.15, -0.1) is 0 Å². The van der Waals surface area contributed by atoms with E-state index in [0.29, 0.717) is 34.7 Å². The Balaban J connectivity index is 2.27. The molecule has 0 unspecified atom stereocenters. The molecular formula is C22H24N2O6S. The van der Waals surface area contributed by atoms with Crippen LogP contribution in [0.15, 0.2) is 41.4 Å². The second kappa shape index (κ2) is 8.43. The molecule has 0 aliphatic carbocycles. The van der Waals surface area contributed by atoms with Gasteiger partial charge in [0.15, 0.2) is 27.1 Å². The van der Waals surface area contributed by atoms with Crippen molar-refractivity contribution in [2.75, 3.05) is 20.5 Å². The number of benzene rings is 2. The first-order valence-electron chi connectivity index (χ1n) is 9.49. The molecule has 8 nitrogen and oxygen atoms in total. The predicted molar refractivity (Wildman–Crippen MR) is 116 cm³/mol. The van der Waals surface area contributed by atoms with Crippen molar-refractivity contribution >= 4 is 15.6 Å². The van der Waals surface area contributed by atoms with Crippen molar-refractivity contribution in [2.24, 2.45) is 0 Å². The smallest absolute Gasteiger partial charge is 0.220 e. The molecule has 0 radical (unpaired) electrons. The second-order valence-corrected chi connectivity index (χ2v) is 8.96. The number of nitrogens with zero attached hydrogens (tertiary/aromatic N) is 2. The van der Waals surface area contributed by atoms with Crippen LogP contribution in [-0.2, 0) is 16.4 Å². The molecule has 0 spiro atoms. The van der Waals surface area contributed by atoms with Gasteiger partial charge in [0.2, 0.25) is 5.88 Å². The third-order valence-corrected chi connectivity index (χ3v) is 6.24. The largest absolute Gasteiger partial charge is 0.493 e. The first kappa shape index (κ1) is 22.4. The van der Waals surface area contributed by atoms with Gasteiger partial charge in [-0.2, -0.15) is 5.10 Å². The summed E-state index contributed by atoms with van der Waals surface area (Å²) in [7, 11) is -0.611. The number of aryl methyl sites for hydroxylation is 1. The summed E-state index contributed by atoms with van der Waals surface area (Å²) in [6.45, 7) is 3.87. The van der Waals surface area contributed by atoms with Gasteiger partial charge in [-0.05, 0) is 49.2 Å². The lowest BCUT2D eigenvalue weighted by Gasteiger charge is -2.17. The molecule has 0 saturated heterocycles. The van der Waals surface area contributed by atoms with Crippen molar-refractivity contribution in [1.29, 1.82) is 0 Å². The molecule has 31 heavy (non-hydrogen) atoms. The van der Waals surface area contributed by atoms with E-state index in [0.717, 1.165) is 6.26 Å². The SMILES string of the molecule is CCn1ncc(C(=O)c2ccc(S(C)(=O)=O)c(-c3ccc(OC)c(OC)c3)c2C)c1O. The molecule has 2 aromatic carbocycles. The van der Waals surface area contributed by atoms with Crippen LogP contribution in [-0.4, -0.2) is 49.6 Å². The molecule has 3 rings (SSSR count). The van der Waals surface area contributed by atoms with E-state index in [4.69, 9.17) is 9.47 Å². The highest BCUT2D eigenvalue weighted by atomic mass is 32.2. The van der Waals surface area contributed by atoms with Gasteiger partial charge >= 0.3 is 0 Å². The lowest BCUT2D eigenvalue weighted by molar-refractivity contribution is 0.103. The van der Waals surface area contributed by atoms with Crippen LogP contribution in [0.2, 0.25) is 0 Å². The maximum Gasteiger partial charge on any atom is 0.220 e. The van der Waals surface area contributed by atoms with Crippen molar-refractivity contribution in [2.45, 2.75) is 25.3 Å². The maximum absolute atomic E-state index is 13.2. The first-order valence-corrected chi connectivity index (χ1v) is 11.4. The molecule has 0 saturated carbocycles. The lowest BCUT2D eigenvalue weighted by Crippen LogP contribution is -2.09.